The summed E-state index contributed by atoms with van der Waals surface area (Å²) in [4.78, 5) is 22.2. The first kappa shape index (κ1) is 16.9. The van der Waals surface area contributed by atoms with Crippen LogP contribution in [-0.4, -0.2) is 29.1 Å². The summed E-state index contributed by atoms with van der Waals surface area (Å²) in [5.74, 6) is -0.634. The zero-order valence-electron chi connectivity index (χ0n) is 12.1. The fraction of sp³-hybridized carbons (Fsp3) is 0.188. The molecule has 0 aromatic heterocycles. The fourth-order valence-corrected chi connectivity index (χ4v) is 2.38. The number of amides is 1. The molecule has 0 aliphatic carbocycles. The molecule has 0 unspecified atom stereocenters. The topological polar surface area (TPSA) is 92.5 Å². The Balaban J connectivity index is 2.04. The van der Waals surface area contributed by atoms with Crippen LogP contribution >= 0.6 is 11.6 Å². The van der Waals surface area contributed by atoms with Gasteiger partial charge in [-0.25, -0.2) is 0 Å². The minimum absolute atomic E-state index is 0.0931. The Morgan fingerprint density at radius 3 is 2.52 bits per heavy atom. The molecule has 0 saturated carbocycles. The first-order valence-electron chi connectivity index (χ1n) is 6.91. The van der Waals surface area contributed by atoms with Crippen LogP contribution in [0.15, 0.2) is 48.5 Å². The van der Waals surface area contributed by atoms with Gasteiger partial charge < -0.3 is 10.4 Å². The van der Waals surface area contributed by atoms with E-state index in [1.54, 1.807) is 0 Å². The second-order valence-electron chi connectivity index (χ2n) is 4.92. The van der Waals surface area contributed by atoms with Gasteiger partial charge in [0.25, 0.3) is 11.6 Å². The number of aliphatic hydroxyl groups excluding tert-OH is 1. The molecule has 0 heterocycles. The van der Waals surface area contributed by atoms with Gasteiger partial charge in [0.15, 0.2) is 0 Å². The summed E-state index contributed by atoms with van der Waals surface area (Å²) in [7, 11) is 0. The summed E-state index contributed by atoms with van der Waals surface area (Å²) in [5.41, 5.74) is 0.892. The lowest BCUT2D eigenvalue weighted by molar-refractivity contribution is -0.384. The Morgan fingerprint density at radius 2 is 1.96 bits per heavy atom. The first-order chi connectivity index (χ1) is 11.0. The van der Waals surface area contributed by atoms with Gasteiger partial charge in [-0.2, -0.15) is 0 Å². The van der Waals surface area contributed by atoms with Crippen molar-refractivity contribution in [1.29, 1.82) is 0 Å². The zero-order chi connectivity index (χ0) is 16.8. The molecule has 120 valence electrons. The van der Waals surface area contributed by atoms with E-state index in [2.05, 4.69) is 5.32 Å². The zero-order valence-corrected chi connectivity index (χ0v) is 12.9. The van der Waals surface area contributed by atoms with Crippen molar-refractivity contribution in [2.75, 3.05) is 13.2 Å². The standard InChI is InChI=1S/C16H15ClN2O4/c17-14-8-12(6-7-15(14)19(22)23)16(21)18-9-13(10-20)11-4-2-1-3-5-11/h1-8,13,20H,9-10H2,(H,18,21)/t13-/m1/s1. The number of nitro groups is 1. The molecule has 6 nitrogen and oxygen atoms in total. The summed E-state index contributed by atoms with van der Waals surface area (Å²) in [6, 6.07) is 13.1. The quantitative estimate of drug-likeness (QED) is 0.627. The molecule has 0 fully saturated rings. The van der Waals surface area contributed by atoms with E-state index in [4.69, 9.17) is 11.6 Å². The number of hydrogen-bond donors (Lipinski definition) is 2. The van der Waals surface area contributed by atoms with Crippen molar-refractivity contribution in [3.63, 3.8) is 0 Å². The van der Waals surface area contributed by atoms with E-state index in [0.717, 1.165) is 5.56 Å². The molecule has 0 aliphatic rings. The highest BCUT2D eigenvalue weighted by Gasteiger charge is 2.16. The van der Waals surface area contributed by atoms with Gasteiger partial charge in [0.1, 0.15) is 5.02 Å². The van der Waals surface area contributed by atoms with Crippen molar-refractivity contribution in [3.05, 3.63) is 74.8 Å². The van der Waals surface area contributed by atoms with Gasteiger partial charge in [-0.05, 0) is 17.7 Å². The third-order valence-corrected chi connectivity index (χ3v) is 3.71. The SMILES string of the molecule is O=C(NC[C@H](CO)c1ccccc1)c1ccc([N+](=O)[O-])c(Cl)c1. The molecule has 1 atom stereocenters. The van der Waals surface area contributed by atoms with Crippen LogP contribution in [0, 0.1) is 10.1 Å². The van der Waals surface area contributed by atoms with Gasteiger partial charge >= 0.3 is 0 Å². The van der Waals surface area contributed by atoms with E-state index >= 15 is 0 Å². The summed E-state index contributed by atoms with van der Waals surface area (Å²) < 4.78 is 0. The second kappa shape index (κ2) is 7.71. The van der Waals surface area contributed by atoms with E-state index < -0.39 is 10.8 Å². The molecule has 2 aromatic rings. The Hall–Kier alpha value is -2.44. The Bertz CT molecular complexity index is 706. The summed E-state index contributed by atoms with van der Waals surface area (Å²) in [5, 5.41) is 22.8. The number of nitro benzene ring substituents is 1. The van der Waals surface area contributed by atoms with Crippen molar-refractivity contribution in [3.8, 4) is 0 Å². The lowest BCUT2D eigenvalue weighted by Crippen LogP contribution is -2.29. The number of rotatable bonds is 6. The van der Waals surface area contributed by atoms with E-state index in [1.807, 2.05) is 30.3 Å². The van der Waals surface area contributed by atoms with Gasteiger partial charge in [0.05, 0.1) is 11.5 Å². The normalized spacial score (nSPS) is 11.7. The van der Waals surface area contributed by atoms with Gasteiger partial charge in [-0.3, -0.25) is 14.9 Å². The Kier molecular flexibility index (Phi) is 5.67. The smallest absolute Gasteiger partial charge is 0.287 e. The monoisotopic (exact) mass is 334 g/mol. The highest BCUT2D eigenvalue weighted by molar-refractivity contribution is 6.33. The second-order valence-corrected chi connectivity index (χ2v) is 5.33. The maximum absolute atomic E-state index is 12.1. The lowest BCUT2D eigenvalue weighted by Gasteiger charge is -2.15. The minimum Gasteiger partial charge on any atom is -0.396 e. The summed E-state index contributed by atoms with van der Waals surface area (Å²) in [6.07, 6.45) is 0. The van der Waals surface area contributed by atoms with Gasteiger partial charge in [0, 0.05) is 24.1 Å². The average Bonchev–Trinajstić information content (AvgIpc) is 2.55. The van der Waals surface area contributed by atoms with Crippen LogP contribution in [0.2, 0.25) is 5.02 Å². The third kappa shape index (κ3) is 4.28. The maximum Gasteiger partial charge on any atom is 0.287 e. The Labute approximate surface area is 137 Å². The highest BCUT2D eigenvalue weighted by atomic mass is 35.5. The lowest BCUT2D eigenvalue weighted by atomic mass is 10.00. The molecular formula is C16H15ClN2O4. The molecule has 1 amide bonds. The molecule has 0 aliphatic heterocycles. The highest BCUT2D eigenvalue weighted by Crippen LogP contribution is 2.25. The van der Waals surface area contributed by atoms with E-state index in [0.29, 0.717) is 0 Å². The number of halogens is 1. The first-order valence-corrected chi connectivity index (χ1v) is 7.28. The molecule has 0 radical (unpaired) electrons. The predicted molar refractivity (Wildman–Crippen MR) is 86.7 cm³/mol. The van der Waals surface area contributed by atoms with Crippen LogP contribution in [0.4, 0.5) is 5.69 Å². The van der Waals surface area contributed by atoms with Crippen LogP contribution in [0.1, 0.15) is 21.8 Å². The molecular weight excluding hydrogens is 320 g/mol. The van der Waals surface area contributed by atoms with Gasteiger partial charge in [-0.1, -0.05) is 41.9 Å². The van der Waals surface area contributed by atoms with Crippen molar-refractivity contribution >= 4 is 23.2 Å². The number of nitrogens with zero attached hydrogens (tertiary/aromatic N) is 1. The van der Waals surface area contributed by atoms with E-state index in [9.17, 15) is 20.0 Å². The molecule has 23 heavy (non-hydrogen) atoms. The van der Waals surface area contributed by atoms with Gasteiger partial charge in [0.2, 0.25) is 0 Å². The number of benzene rings is 2. The van der Waals surface area contributed by atoms with E-state index in [-0.39, 0.29) is 35.3 Å². The largest absolute Gasteiger partial charge is 0.396 e. The number of aliphatic hydroxyl groups is 1. The van der Waals surface area contributed by atoms with Crippen LogP contribution < -0.4 is 5.32 Å². The predicted octanol–water partition coefficient (Wildman–Crippen LogP) is 2.75. The molecule has 2 N–H and O–H groups in total. The molecule has 2 aromatic carbocycles. The molecule has 0 spiro atoms. The number of carbonyl (C=O) groups is 1. The number of carbonyl (C=O) groups excluding carboxylic acids is 1. The molecule has 0 bridgehead atoms. The van der Waals surface area contributed by atoms with Crippen molar-refractivity contribution in [2.45, 2.75) is 5.92 Å². The van der Waals surface area contributed by atoms with Crippen LogP contribution in [0.25, 0.3) is 0 Å². The van der Waals surface area contributed by atoms with Crippen LogP contribution in [0.3, 0.4) is 0 Å². The number of nitrogens with one attached hydrogen (secondary N) is 1. The molecule has 7 heteroatoms. The van der Waals surface area contributed by atoms with Crippen LogP contribution in [-0.2, 0) is 0 Å². The summed E-state index contributed by atoms with van der Waals surface area (Å²) >= 11 is 5.79. The van der Waals surface area contributed by atoms with Gasteiger partial charge in [-0.15, -0.1) is 0 Å². The average molecular weight is 335 g/mol. The molecule has 0 saturated heterocycles. The Morgan fingerprint density at radius 1 is 1.26 bits per heavy atom. The number of hydrogen-bond acceptors (Lipinski definition) is 4. The third-order valence-electron chi connectivity index (χ3n) is 3.41. The van der Waals surface area contributed by atoms with Crippen molar-refractivity contribution in [2.24, 2.45) is 0 Å². The minimum atomic E-state index is -0.610. The fourth-order valence-electron chi connectivity index (χ4n) is 2.13. The summed E-state index contributed by atoms with van der Waals surface area (Å²) in [6.45, 7) is 0.138. The molecule has 2 rings (SSSR count). The van der Waals surface area contributed by atoms with Crippen molar-refractivity contribution < 1.29 is 14.8 Å². The maximum atomic E-state index is 12.1. The van der Waals surface area contributed by atoms with Crippen LogP contribution in [0.5, 0.6) is 0 Å². The van der Waals surface area contributed by atoms with E-state index in [1.165, 1.54) is 18.2 Å². The van der Waals surface area contributed by atoms with Crippen molar-refractivity contribution in [1.82, 2.24) is 5.32 Å².